The molecule has 42 heavy (non-hydrogen) atoms. The third-order valence-electron chi connectivity index (χ3n) is 7.57. The molecule has 0 N–H and O–H groups in total. The Hall–Kier alpha value is -3.31. The van der Waals surface area contributed by atoms with Gasteiger partial charge in [0.2, 0.25) is 21.7 Å². The molecular formula is C30H30Cl2O10. The first-order chi connectivity index (χ1) is 20.2. The highest BCUT2D eigenvalue weighted by molar-refractivity contribution is 6.39. The molecule has 5 atom stereocenters. The molecule has 2 aromatic carbocycles. The van der Waals surface area contributed by atoms with Crippen LogP contribution in [-0.4, -0.2) is 61.0 Å². The van der Waals surface area contributed by atoms with Gasteiger partial charge in [-0.2, -0.15) is 0 Å². The summed E-state index contributed by atoms with van der Waals surface area (Å²) in [7, 11) is 0. The Morgan fingerprint density at radius 1 is 0.690 bits per heavy atom. The molecule has 1 saturated carbocycles. The summed E-state index contributed by atoms with van der Waals surface area (Å²) in [6, 6.07) is 16.5. The molecule has 0 amide bonds. The lowest BCUT2D eigenvalue weighted by Gasteiger charge is -2.38. The van der Waals surface area contributed by atoms with Gasteiger partial charge in [-0.25, -0.2) is 4.79 Å². The first kappa shape index (κ1) is 30.2. The van der Waals surface area contributed by atoms with Crippen LogP contribution in [0.4, 0.5) is 0 Å². The minimum Gasteiger partial charge on any atom is -0.469 e. The lowest BCUT2D eigenvalue weighted by Crippen LogP contribution is -2.56. The van der Waals surface area contributed by atoms with Crippen molar-refractivity contribution in [2.45, 2.75) is 44.3 Å². The Morgan fingerprint density at radius 2 is 1.17 bits per heavy atom. The van der Waals surface area contributed by atoms with E-state index >= 15 is 0 Å². The molecule has 2 fully saturated rings. The lowest BCUT2D eigenvalue weighted by atomic mass is 9.75. The average Bonchev–Trinajstić information content (AvgIpc) is 3.24. The molecule has 2 aromatic rings. The van der Waals surface area contributed by atoms with Gasteiger partial charge in [0.05, 0.1) is 24.9 Å². The van der Waals surface area contributed by atoms with Gasteiger partial charge in [-0.15, -0.1) is 0 Å². The quantitative estimate of drug-likeness (QED) is 0.187. The molecule has 1 saturated heterocycles. The summed E-state index contributed by atoms with van der Waals surface area (Å²) < 4.78 is 42.0. The van der Waals surface area contributed by atoms with E-state index in [4.69, 9.17) is 56.4 Å². The fourth-order valence-corrected chi connectivity index (χ4v) is 7.44. The second-order valence-corrected chi connectivity index (χ2v) is 10.5. The lowest BCUT2D eigenvalue weighted by molar-refractivity contribution is -0.292. The van der Waals surface area contributed by atoms with Gasteiger partial charge >= 0.3 is 17.9 Å². The van der Waals surface area contributed by atoms with Crippen LogP contribution in [0.2, 0.25) is 0 Å². The standard InChI is InChI=1S/C30H30Cl2O10/c1-5-36-23(33)21-22(31)29(39-8-4)27(25(35)38-7-3)26(24(34)37-6-2,30(27,32)41-20-17-13-10-14-18-20)28(21,42-29)40-19-15-11-9-12-16-19/h9-18H,5-8H2,1-4H3/t26-,27+,28+,29-,30+/m0/s1. The monoisotopic (exact) mass is 620 g/mol. The maximum Gasteiger partial charge on any atom is 0.342 e. The molecule has 0 unspecified atom stereocenters. The van der Waals surface area contributed by atoms with Crippen molar-refractivity contribution >= 4 is 41.1 Å². The second-order valence-electron chi connectivity index (χ2n) is 9.54. The third-order valence-corrected chi connectivity index (χ3v) is 8.66. The Labute approximate surface area is 252 Å². The van der Waals surface area contributed by atoms with Crippen LogP contribution in [0.25, 0.3) is 0 Å². The van der Waals surface area contributed by atoms with Crippen LogP contribution in [-0.2, 0) is 38.1 Å². The van der Waals surface area contributed by atoms with Crippen molar-refractivity contribution in [1.82, 2.24) is 0 Å². The van der Waals surface area contributed by atoms with E-state index in [9.17, 15) is 14.4 Å². The molecule has 1 aliphatic carbocycles. The van der Waals surface area contributed by atoms with Crippen molar-refractivity contribution in [2.24, 2.45) is 10.8 Å². The number of esters is 3. The van der Waals surface area contributed by atoms with Crippen LogP contribution in [0.1, 0.15) is 27.7 Å². The van der Waals surface area contributed by atoms with E-state index in [1.54, 1.807) is 88.4 Å². The van der Waals surface area contributed by atoms with Gasteiger partial charge in [0.25, 0.3) is 5.79 Å². The predicted molar refractivity (Wildman–Crippen MR) is 149 cm³/mol. The van der Waals surface area contributed by atoms with Gasteiger partial charge in [-0.1, -0.05) is 59.6 Å². The highest BCUT2D eigenvalue weighted by Gasteiger charge is 3.17. The molecule has 10 nitrogen and oxygen atoms in total. The van der Waals surface area contributed by atoms with Crippen molar-refractivity contribution in [3.63, 3.8) is 0 Å². The number of rotatable bonds is 12. The number of hydrogen-bond acceptors (Lipinski definition) is 10. The summed E-state index contributed by atoms with van der Waals surface area (Å²) >= 11 is 14.4. The van der Waals surface area contributed by atoms with E-state index in [1.807, 2.05) is 0 Å². The molecule has 2 heterocycles. The summed E-state index contributed by atoms with van der Waals surface area (Å²) in [5.74, 6) is -7.68. The van der Waals surface area contributed by atoms with E-state index in [-0.39, 0.29) is 37.9 Å². The van der Waals surface area contributed by atoms with Crippen LogP contribution in [0.15, 0.2) is 71.3 Å². The van der Waals surface area contributed by atoms with Gasteiger partial charge in [0.15, 0.2) is 0 Å². The van der Waals surface area contributed by atoms with Crippen LogP contribution >= 0.6 is 23.2 Å². The second kappa shape index (κ2) is 10.8. The van der Waals surface area contributed by atoms with Gasteiger partial charge in [0, 0.05) is 6.61 Å². The molecule has 12 heteroatoms. The van der Waals surface area contributed by atoms with Crippen molar-refractivity contribution in [2.75, 3.05) is 26.4 Å². The molecule has 0 aromatic heterocycles. The summed E-state index contributed by atoms with van der Waals surface area (Å²) in [5, 5.41) is -2.78. The number of carbonyl (C=O) groups is 3. The zero-order valence-corrected chi connectivity index (χ0v) is 25.0. The fourth-order valence-electron chi connectivity index (χ4n) is 6.28. The minimum absolute atomic E-state index is 0.0580. The molecule has 224 valence electrons. The zero-order valence-electron chi connectivity index (χ0n) is 23.4. The maximum absolute atomic E-state index is 14.5. The SMILES string of the molecule is CCOC(=O)C1=C(Cl)[C@]2(OCC)O[C@@]1(Oc1ccccc1)[C@@]1(C(=O)OCC)[C@@](Cl)(Oc3ccccc3)[C@@]21C(=O)OCC. The number of ether oxygens (including phenoxy) is 7. The van der Waals surface area contributed by atoms with Crippen molar-refractivity contribution in [3.8, 4) is 11.5 Å². The number of halogens is 2. The highest BCUT2D eigenvalue weighted by atomic mass is 35.5. The molecule has 2 aliphatic heterocycles. The van der Waals surface area contributed by atoms with E-state index in [0.717, 1.165) is 0 Å². The maximum atomic E-state index is 14.5. The summed E-state index contributed by atoms with van der Waals surface area (Å²) in [5.41, 5.74) is -5.24. The van der Waals surface area contributed by atoms with Crippen LogP contribution in [0.3, 0.4) is 0 Å². The number of para-hydroxylation sites is 2. The minimum atomic E-state index is -2.54. The summed E-state index contributed by atoms with van der Waals surface area (Å²) in [4.78, 5) is 42.5. The molecule has 2 bridgehead atoms. The van der Waals surface area contributed by atoms with Crippen molar-refractivity contribution < 1.29 is 47.5 Å². The molecular weight excluding hydrogens is 591 g/mol. The first-order valence-corrected chi connectivity index (χ1v) is 14.3. The van der Waals surface area contributed by atoms with E-state index in [2.05, 4.69) is 0 Å². The number of hydrogen-bond donors (Lipinski definition) is 0. The Kier molecular flexibility index (Phi) is 7.72. The topological polar surface area (TPSA) is 116 Å². The zero-order chi connectivity index (χ0) is 30.4. The van der Waals surface area contributed by atoms with Crippen molar-refractivity contribution in [3.05, 3.63) is 71.3 Å². The Bertz CT molecular complexity index is 1420. The smallest absolute Gasteiger partial charge is 0.342 e. The number of carbonyl (C=O) groups excluding carboxylic acids is 3. The fraction of sp³-hybridized carbons (Fsp3) is 0.433. The number of fused-ring (bicyclic) bond motifs is 5. The van der Waals surface area contributed by atoms with Crippen LogP contribution in [0.5, 0.6) is 11.5 Å². The first-order valence-electron chi connectivity index (χ1n) is 13.6. The normalized spacial score (nSPS) is 32.1. The third kappa shape index (κ3) is 3.43. The largest absolute Gasteiger partial charge is 0.469 e. The van der Waals surface area contributed by atoms with Gasteiger partial charge < -0.3 is 28.4 Å². The van der Waals surface area contributed by atoms with E-state index in [0.29, 0.717) is 0 Å². The van der Waals surface area contributed by atoms with Gasteiger partial charge in [-0.05, 0) is 52.0 Å². The van der Waals surface area contributed by atoms with Gasteiger partial charge in [0.1, 0.15) is 17.1 Å². The molecule has 0 spiro atoms. The summed E-state index contributed by atoms with van der Waals surface area (Å²) in [6.07, 6.45) is 0. The Balaban J connectivity index is 1.92. The number of alkyl halides is 1. The van der Waals surface area contributed by atoms with Crippen LogP contribution in [0, 0.1) is 10.8 Å². The van der Waals surface area contributed by atoms with E-state index < -0.39 is 56.0 Å². The van der Waals surface area contributed by atoms with E-state index in [1.165, 1.54) is 0 Å². The van der Waals surface area contributed by atoms with Gasteiger partial charge in [-0.3, -0.25) is 14.3 Å². The molecule has 0 radical (unpaired) electrons. The summed E-state index contributed by atoms with van der Waals surface area (Å²) in [6.45, 7) is 5.95. The average molecular weight is 621 g/mol. The Morgan fingerprint density at radius 3 is 1.64 bits per heavy atom. The highest BCUT2D eigenvalue weighted by Crippen LogP contribution is 2.93. The molecule has 5 rings (SSSR count). The molecule has 3 aliphatic rings. The number of benzene rings is 2. The predicted octanol–water partition coefficient (Wildman–Crippen LogP) is 4.72. The van der Waals surface area contributed by atoms with Crippen LogP contribution < -0.4 is 9.47 Å². The van der Waals surface area contributed by atoms with Crippen molar-refractivity contribution in [1.29, 1.82) is 0 Å².